The molecule has 1 aromatic carbocycles. The van der Waals surface area contributed by atoms with Gasteiger partial charge in [0.25, 0.3) is 0 Å². The van der Waals surface area contributed by atoms with Gasteiger partial charge in [-0.1, -0.05) is 30.3 Å². The summed E-state index contributed by atoms with van der Waals surface area (Å²) < 4.78 is 5.12. The summed E-state index contributed by atoms with van der Waals surface area (Å²) in [5, 5.41) is 9.10. The van der Waals surface area contributed by atoms with Gasteiger partial charge in [-0.25, -0.2) is 9.59 Å². The highest BCUT2D eigenvalue weighted by molar-refractivity contribution is 5.80. The van der Waals surface area contributed by atoms with E-state index in [2.05, 4.69) is 0 Å². The molecule has 8 nitrogen and oxygen atoms in total. The summed E-state index contributed by atoms with van der Waals surface area (Å²) in [6.45, 7) is 1.20. The molecule has 8 heteroatoms. The molecule has 0 aromatic heterocycles. The predicted octanol–water partition coefficient (Wildman–Crippen LogP) is 0.301. The maximum atomic E-state index is 12.2. The summed E-state index contributed by atoms with van der Waals surface area (Å²) in [7, 11) is 0. The lowest BCUT2D eigenvalue weighted by molar-refractivity contribution is -0.142. The first-order valence-corrected chi connectivity index (χ1v) is 7.05. The van der Waals surface area contributed by atoms with E-state index < -0.39 is 30.1 Å². The van der Waals surface area contributed by atoms with E-state index in [9.17, 15) is 14.4 Å². The third-order valence-corrected chi connectivity index (χ3v) is 3.16. The highest BCUT2D eigenvalue weighted by atomic mass is 16.6. The van der Waals surface area contributed by atoms with Crippen LogP contribution in [0, 0.1) is 0 Å². The highest BCUT2D eigenvalue weighted by Gasteiger charge is 2.28. The molecule has 0 radical (unpaired) electrons. The van der Waals surface area contributed by atoms with E-state index in [4.69, 9.17) is 21.3 Å². The van der Waals surface area contributed by atoms with Crippen LogP contribution in [0.15, 0.2) is 30.3 Å². The first kappa shape index (κ1) is 18.4. The molecule has 5 N–H and O–H groups in total. The van der Waals surface area contributed by atoms with Crippen LogP contribution in [0.25, 0.3) is 0 Å². The minimum atomic E-state index is -1.20. The summed E-state index contributed by atoms with van der Waals surface area (Å²) in [5.74, 6) is -1.83. The first-order chi connectivity index (χ1) is 10.8. The van der Waals surface area contributed by atoms with E-state index in [-0.39, 0.29) is 19.6 Å². The molecule has 0 saturated carbocycles. The van der Waals surface area contributed by atoms with Crippen LogP contribution >= 0.6 is 0 Å². The van der Waals surface area contributed by atoms with Crippen molar-refractivity contribution in [1.82, 2.24) is 4.90 Å². The lowest BCUT2D eigenvalue weighted by Gasteiger charge is -2.28. The van der Waals surface area contributed by atoms with E-state index in [0.717, 1.165) is 10.5 Å². The molecule has 0 aliphatic carbocycles. The molecule has 0 aliphatic rings. The van der Waals surface area contributed by atoms with Crippen LogP contribution in [-0.4, -0.2) is 46.6 Å². The van der Waals surface area contributed by atoms with Crippen LogP contribution in [0.1, 0.15) is 18.9 Å². The summed E-state index contributed by atoms with van der Waals surface area (Å²) in [6, 6.07) is 7.06. The van der Waals surface area contributed by atoms with Gasteiger partial charge in [0, 0.05) is 19.0 Å². The van der Waals surface area contributed by atoms with Crippen LogP contribution in [0.5, 0.6) is 0 Å². The van der Waals surface area contributed by atoms with Crippen molar-refractivity contribution in [3.63, 3.8) is 0 Å². The van der Waals surface area contributed by atoms with E-state index in [1.54, 1.807) is 24.3 Å². The number of amides is 2. The molecule has 0 bridgehead atoms. The Kier molecular flexibility index (Phi) is 7.01. The smallest absolute Gasteiger partial charge is 0.410 e. The maximum Gasteiger partial charge on any atom is 0.410 e. The highest BCUT2D eigenvalue weighted by Crippen LogP contribution is 2.08. The summed E-state index contributed by atoms with van der Waals surface area (Å²) in [4.78, 5) is 35.1. The molecular formula is C15H21N3O5. The Hall–Kier alpha value is -2.61. The van der Waals surface area contributed by atoms with Crippen molar-refractivity contribution >= 4 is 18.0 Å². The number of carboxylic acids is 1. The molecule has 0 heterocycles. The van der Waals surface area contributed by atoms with Crippen LogP contribution in [-0.2, 0) is 20.9 Å². The van der Waals surface area contributed by atoms with Gasteiger partial charge in [0.1, 0.15) is 12.6 Å². The molecule has 0 aliphatic heterocycles. The molecular weight excluding hydrogens is 302 g/mol. The molecule has 0 fully saturated rings. The van der Waals surface area contributed by atoms with Crippen LogP contribution < -0.4 is 11.5 Å². The Morgan fingerprint density at radius 2 is 1.87 bits per heavy atom. The molecule has 23 heavy (non-hydrogen) atoms. The third kappa shape index (κ3) is 6.35. The van der Waals surface area contributed by atoms with Gasteiger partial charge in [-0.3, -0.25) is 9.69 Å². The molecule has 0 spiro atoms. The van der Waals surface area contributed by atoms with Crippen molar-refractivity contribution in [1.29, 1.82) is 0 Å². The van der Waals surface area contributed by atoms with Crippen molar-refractivity contribution in [3.05, 3.63) is 35.9 Å². The van der Waals surface area contributed by atoms with Gasteiger partial charge in [0.2, 0.25) is 5.91 Å². The number of carbonyl (C=O) groups is 3. The Balaban J connectivity index is 2.71. The number of hydrogen-bond donors (Lipinski definition) is 3. The second-order valence-electron chi connectivity index (χ2n) is 5.14. The normalized spacial score (nSPS) is 13.0. The molecule has 0 saturated heterocycles. The zero-order chi connectivity index (χ0) is 17.4. The van der Waals surface area contributed by atoms with E-state index in [0.29, 0.717) is 0 Å². The number of carbonyl (C=O) groups excluding carboxylic acids is 2. The number of primary amides is 1. The van der Waals surface area contributed by atoms with Gasteiger partial charge in [-0.15, -0.1) is 0 Å². The van der Waals surface area contributed by atoms with Crippen molar-refractivity contribution < 1.29 is 24.2 Å². The molecule has 2 amide bonds. The number of nitrogens with zero attached hydrogens (tertiary/aromatic N) is 1. The average Bonchev–Trinajstić information content (AvgIpc) is 2.49. The van der Waals surface area contributed by atoms with Gasteiger partial charge in [-0.05, 0) is 12.5 Å². The largest absolute Gasteiger partial charge is 0.480 e. The molecule has 126 valence electrons. The summed E-state index contributed by atoms with van der Waals surface area (Å²) in [6.07, 6.45) is -0.974. The second kappa shape index (κ2) is 8.74. The minimum Gasteiger partial charge on any atom is -0.480 e. The van der Waals surface area contributed by atoms with Crippen molar-refractivity contribution in [2.24, 2.45) is 11.5 Å². The zero-order valence-electron chi connectivity index (χ0n) is 12.8. The van der Waals surface area contributed by atoms with Gasteiger partial charge >= 0.3 is 12.1 Å². The van der Waals surface area contributed by atoms with Crippen LogP contribution in [0.3, 0.4) is 0 Å². The number of carboxylic acid groups (broad SMARTS) is 1. The number of ether oxygens (including phenoxy) is 1. The van der Waals surface area contributed by atoms with Gasteiger partial charge in [0.05, 0.1) is 0 Å². The molecule has 1 rings (SSSR count). The van der Waals surface area contributed by atoms with Gasteiger partial charge < -0.3 is 21.3 Å². The van der Waals surface area contributed by atoms with Crippen molar-refractivity contribution in [2.45, 2.75) is 32.0 Å². The van der Waals surface area contributed by atoms with Crippen LogP contribution in [0.4, 0.5) is 4.79 Å². The van der Waals surface area contributed by atoms with Gasteiger partial charge in [0.15, 0.2) is 0 Å². The first-order valence-electron chi connectivity index (χ1n) is 7.05. The lowest BCUT2D eigenvalue weighted by Crippen LogP contribution is -2.49. The quantitative estimate of drug-likeness (QED) is 0.629. The van der Waals surface area contributed by atoms with E-state index in [1.807, 2.05) is 6.07 Å². The van der Waals surface area contributed by atoms with Crippen molar-refractivity contribution in [2.75, 3.05) is 6.54 Å². The fourth-order valence-electron chi connectivity index (χ4n) is 1.90. The molecule has 1 aromatic rings. The number of nitrogens with two attached hydrogens (primary N) is 2. The number of hydrogen-bond acceptors (Lipinski definition) is 5. The Morgan fingerprint density at radius 3 is 2.39 bits per heavy atom. The monoisotopic (exact) mass is 323 g/mol. The SMILES string of the molecule is CC(C(=O)O)N(CC(N)CC(N)=O)C(=O)OCc1ccccc1. The molecule has 2 atom stereocenters. The second-order valence-corrected chi connectivity index (χ2v) is 5.14. The third-order valence-electron chi connectivity index (χ3n) is 3.16. The minimum absolute atomic E-state index is 0.00751. The number of benzene rings is 1. The number of rotatable bonds is 8. The fraction of sp³-hybridized carbons (Fsp3) is 0.400. The van der Waals surface area contributed by atoms with Crippen molar-refractivity contribution in [3.8, 4) is 0 Å². The Morgan fingerprint density at radius 1 is 1.26 bits per heavy atom. The summed E-state index contributed by atoms with van der Waals surface area (Å²) in [5.41, 5.74) is 11.5. The summed E-state index contributed by atoms with van der Waals surface area (Å²) >= 11 is 0. The average molecular weight is 323 g/mol. The maximum absolute atomic E-state index is 12.2. The fourth-order valence-corrected chi connectivity index (χ4v) is 1.90. The topological polar surface area (TPSA) is 136 Å². The lowest BCUT2D eigenvalue weighted by atomic mass is 10.2. The molecule has 2 unspecified atom stereocenters. The van der Waals surface area contributed by atoms with Crippen LogP contribution in [0.2, 0.25) is 0 Å². The predicted molar refractivity (Wildman–Crippen MR) is 82.2 cm³/mol. The number of aliphatic carboxylic acids is 1. The Labute approximate surface area is 134 Å². The Bertz CT molecular complexity index is 549. The van der Waals surface area contributed by atoms with E-state index in [1.165, 1.54) is 6.92 Å². The van der Waals surface area contributed by atoms with E-state index >= 15 is 0 Å². The van der Waals surface area contributed by atoms with Gasteiger partial charge in [-0.2, -0.15) is 0 Å². The zero-order valence-corrected chi connectivity index (χ0v) is 12.8. The standard InChI is InChI=1S/C15H21N3O5/c1-10(14(20)21)18(8-12(16)7-13(17)19)15(22)23-9-11-5-3-2-4-6-11/h2-6,10,12H,7-9,16H2,1H3,(H2,17,19)(H,20,21).